The number of nitrogens with zero attached hydrogens (tertiary/aromatic N) is 4. The number of phenolic OH excluding ortho intramolecular Hbond substituents is 1. The zero-order chi connectivity index (χ0) is 22.1. The Morgan fingerprint density at radius 2 is 1.81 bits per heavy atom. The summed E-state index contributed by atoms with van der Waals surface area (Å²) in [6.45, 7) is 2.97. The summed E-state index contributed by atoms with van der Waals surface area (Å²) in [5.74, 6) is 1.52. The van der Waals surface area contributed by atoms with Crippen LogP contribution in [0.5, 0.6) is 5.75 Å². The van der Waals surface area contributed by atoms with E-state index >= 15 is 0 Å². The number of aromatic nitrogens is 2. The molecular weight excluding hydrogens is 420 g/mol. The number of para-hydroxylation sites is 1. The zero-order valence-corrected chi connectivity index (χ0v) is 18.7. The van der Waals surface area contributed by atoms with Crippen LogP contribution in [-0.4, -0.2) is 46.2 Å². The average molecular weight is 445 g/mol. The minimum Gasteiger partial charge on any atom is -0.507 e. The quantitative estimate of drug-likeness (QED) is 0.448. The number of hydrogen-bond donors (Lipinski definition) is 1. The van der Waals surface area contributed by atoms with Crippen molar-refractivity contribution >= 4 is 28.3 Å². The van der Waals surface area contributed by atoms with E-state index in [1.165, 1.54) is 5.56 Å². The predicted molar refractivity (Wildman–Crippen MR) is 130 cm³/mol. The molecule has 3 aromatic carbocycles. The van der Waals surface area contributed by atoms with Gasteiger partial charge in [-0.25, -0.2) is 9.97 Å². The number of likely N-dealkylation sites (N-methyl/N-ethyl adjacent to an activating group) is 1. The minimum atomic E-state index is 0.164. The molecule has 1 aliphatic heterocycles. The largest absolute Gasteiger partial charge is 0.507 e. The van der Waals surface area contributed by atoms with Crippen molar-refractivity contribution in [1.29, 1.82) is 0 Å². The molecule has 1 saturated heterocycles. The van der Waals surface area contributed by atoms with Crippen LogP contribution in [0.15, 0.2) is 72.8 Å². The molecule has 0 bridgehead atoms. The summed E-state index contributed by atoms with van der Waals surface area (Å²) in [5, 5.41) is 12.0. The first-order valence-electron chi connectivity index (χ1n) is 10.8. The number of hydrogen-bond acceptors (Lipinski definition) is 5. The Labute approximate surface area is 192 Å². The van der Waals surface area contributed by atoms with E-state index in [1.807, 2.05) is 30.3 Å². The molecular formula is C26H25ClN4O. The fraction of sp³-hybridized carbons (Fsp3) is 0.231. The fourth-order valence-electron chi connectivity index (χ4n) is 4.42. The van der Waals surface area contributed by atoms with E-state index in [4.69, 9.17) is 21.6 Å². The van der Waals surface area contributed by atoms with Crippen LogP contribution in [-0.2, 0) is 6.54 Å². The molecule has 162 valence electrons. The second-order valence-corrected chi connectivity index (χ2v) is 8.76. The second-order valence-electron chi connectivity index (χ2n) is 8.32. The van der Waals surface area contributed by atoms with Crippen LogP contribution >= 0.6 is 11.6 Å². The van der Waals surface area contributed by atoms with Crippen LogP contribution in [0.2, 0.25) is 5.02 Å². The Bertz CT molecular complexity index is 1250. The molecule has 5 rings (SSSR count). The number of likely N-dealkylation sites (tertiary alicyclic amines) is 1. The Morgan fingerprint density at radius 3 is 2.62 bits per heavy atom. The van der Waals surface area contributed by atoms with Gasteiger partial charge in [0.2, 0.25) is 0 Å². The molecule has 0 amide bonds. The Kier molecular flexibility index (Phi) is 5.68. The van der Waals surface area contributed by atoms with Crippen molar-refractivity contribution in [3.8, 4) is 17.1 Å². The van der Waals surface area contributed by atoms with Crippen molar-refractivity contribution in [2.45, 2.75) is 19.0 Å². The number of aromatic hydroxyl groups is 1. The van der Waals surface area contributed by atoms with Gasteiger partial charge < -0.3 is 10.0 Å². The first kappa shape index (κ1) is 20.7. The molecule has 4 aromatic rings. The molecule has 0 spiro atoms. The molecule has 5 nitrogen and oxygen atoms in total. The Balaban J connectivity index is 1.48. The molecule has 1 aromatic heterocycles. The lowest BCUT2D eigenvalue weighted by molar-refractivity contribution is 0.326. The summed E-state index contributed by atoms with van der Waals surface area (Å²) in [4.78, 5) is 14.4. The maximum absolute atomic E-state index is 10.4. The summed E-state index contributed by atoms with van der Waals surface area (Å²) < 4.78 is 0. The van der Waals surface area contributed by atoms with Crippen LogP contribution in [0, 0.1) is 0 Å². The third-order valence-corrected chi connectivity index (χ3v) is 6.40. The highest BCUT2D eigenvalue weighted by atomic mass is 35.5. The van der Waals surface area contributed by atoms with Crippen LogP contribution in [0.1, 0.15) is 12.0 Å². The van der Waals surface area contributed by atoms with E-state index in [9.17, 15) is 5.11 Å². The van der Waals surface area contributed by atoms with Crippen molar-refractivity contribution in [3.63, 3.8) is 0 Å². The fourth-order valence-corrected chi connectivity index (χ4v) is 4.59. The minimum absolute atomic E-state index is 0.164. The van der Waals surface area contributed by atoms with Crippen LogP contribution in [0.25, 0.3) is 22.3 Å². The number of fused-ring (bicyclic) bond motifs is 1. The van der Waals surface area contributed by atoms with Gasteiger partial charge in [-0.2, -0.15) is 0 Å². The second kappa shape index (κ2) is 8.77. The highest BCUT2D eigenvalue weighted by Crippen LogP contribution is 2.33. The standard InChI is InChI=1S/C26H25ClN4O/c1-30(20-13-14-31(17-20)16-18-7-3-2-4-8-18)26-21-12-11-19(27)15-23(21)28-25(29-26)22-9-5-6-10-24(22)32/h2-12,15,20,32H,13-14,16-17H2,1H3/t20-/m0/s1. The number of anilines is 1. The van der Waals surface area contributed by atoms with Gasteiger partial charge in [0.05, 0.1) is 11.1 Å². The first-order valence-corrected chi connectivity index (χ1v) is 11.2. The van der Waals surface area contributed by atoms with E-state index in [2.05, 4.69) is 47.2 Å². The predicted octanol–water partition coefficient (Wildman–Crippen LogP) is 5.37. The van der Waals surface area contributed by atoms with E-state index in [0.717, 1.165) is 42.8 Å². The highest BCUT2D eigenvalue weighted by Gasteiger charge is 2.28. The summed E-state index contributed by atoms with van der Waals surface area (Å²) >= 11 is 6.27. The number of rotatable bonds is 5. The van der Waals surface area contributed by atoms with Gasteiger partial charge in [-0.05, 0) is 42.3 Å². The molecule has 0 unspecified atom stereocenters. The summed E-state index contributed by atoms with van der Waals surface area (Å²) in [7, 11) is 2.10. The normalized spacial score (nSPS) is 16.5. The number of phenols is 1. The van der Waals surface area contributed by atoms with Gasteiger partial charge in [0.1, 0.15) is 11.6 Å². The maximum atomic E-state index is 10.4. The molecule has 32 heavy (non-hydrogen) atoms. The summed E-state index contributed by atoms with van der Waals surface area (Å²) in [6, 6.07) is 23.8. The van der Waals surface area contributed by atoms with Crippen LogP contribution in [0.4, 0.5) is 5.82 Å². The summed E-state index contributed by atoms with van der Waals surface area (Å²) in [5.41, 5.74) is 2.72. The lowest BCUT2D eigenvalue weighted by atomic mass is 10.1. The van der Waals surface area contributed by atoms with Gasteiger partial charge >= 0.3 is 0 Å². The monoisotopic (exact) mass is 444 g/mol. The van der Waals surface area contributed by atoms with Crippen molar-refractivity contribution in [3.05, 3.63) is 83.4 Å². The van der Waals surface area contributed by atoms with Gasteiger partial charge in [-0.3, -0.25) is 4.90 Å². The van der Waals surface area contributed by atoms with Crippen molar-refractivity contribution in [1.82, 2.24) is 14.9 Å². The SMILES string of the molecule is CN(c1nc(-c2ccccc2O)nc2cc(Cl)ccc12)[C@H]1CCN(Cc2ccccc2)C1. The maximum Gasteiger partial charge on any atom is 0.165 e. The van der Waals surface area contributed by atoms with E-state index in [-0.39, 0.29) is 5.75 Å². The van der Waals surface area contributed by atoms with Crippen molar-refractivity contribution in [2.24, 2.45) is 0 Å². The zero-order valence-electron chi connectivity index (χ0n) is 17.9. The van der Waals surface area contributed by atoms with E-state index < -0.39 is 0 Å². The molecule has 6 heteroatoms. The lowest BCUT2D eigenvalue weighted by Crippen LogP contribution is -2.35. The van der Waals surface area contributed by atoms with Crippen LogP contribution in [0.3, 0.4) is 0 Å². The molecule has 0 aliphatic carbocycles. The average Bonchev–Trinajstić information content (AvgIpc) is 3.27. The molecule has 1 aliphatic rings. The molecule has 2 heterocycles. The van der Waals surface area contributed by atoms with Gasteiger partial charge in [-0.1, -0.05) is 54.1 Å². The lowest BCUT2D eigenvalue weighted by Gasteiger charge is -2.27. The van der Waals surface area contributed by atoms with Crippen LogP contribution < -0.4 is 4.90 Å². The topological polar surface area (TPSA) is 52.5 Å². The summed E-state index contributed by atoms with van der Waals surface area (Å²) in [6.07, 6.45) is 1.06. The van der Waals surface area contributed by atoms with E-state index in [1.54, 1.807) is 12.1 Å². The van der Waals surface area contributed by atoms with Gasteiger partial charge in [0.25, 0.3) is 0 Å². The molecule has 1 atom stereocenters. The molecule has 0 saturated carbocycles. The van der Waals surface area contributed by atoms with Gasteiger partial charge in [-0.15, -0.1) is 0 Å². The molecule has 1 fully saturated rings. The third-order valence-electron chi connectivity index (χ3n) is 6.16. The smallest absolute Gasteiger partial charge is 0.165 e. The van der Waals surface area contributed by atoms with Gasteiger partial charge in [0.15, 0.2) is 5.82 Å². The third kappa shape index (κ3) is 4.14. The van der Waals surface area contributed by atoms with Gasteiger partial charge in [0, 0.05) is 43.1 Å². The van der Waals surface area contributed by atoms with Crippen molar-refractivity contribution in [2.75, 3.05) is 25.0 Å². The highest BCUT2D eigenvalue weighted by molar-refractivity contribution is 6.31. The molecule has 1 N–H and O–H groups in total. The Hall–Kier alpha value is -3.15. The Morgan fingerprint density at radius 1 is 1.03 bits per heavy atom. The van der Waals surface area contributed by atoms with E-state index in [0.29, 0.717) is 22.5 Å². The number of halogens is 1. The molecule has 0 radical (unpaired) electrons. The number of benzene rings is 3. The first-order chi connectivity index (χ1) is 15.6. The van der Waals surface area contributed by atoms with Crippen molar-refractivity contribution < 1.29 is 5.11 Å².